The molecule has 2 aromatic carbocycles. The third-order valence-corrected chi connectivity index (χ3v) is 7.03. The number of carbonyl (C=O) groups excluding carboxylic acids is 2. The molecule has 3 heterocycles. The van der Waals surface area contributed by atoms with Crippen LogP contribution in [0.4, 0.5) is 14.9 Å². The van der Waals surface area contributed by atoms with Gasteiger partial charge in [0, 0.05) is 46.7 Å². The van der Waals surface area contributed by atoms with Crippen LogP contribution in [0.2, 0.25) is 0 Å². The summed E-state index contributed by atoms with van der Waals surface area (Å²) in [7, 11) is 3.19. The Kier molecular flexibility index (Phi) is 6.34. The van der Waals surface area contributed by atoms with Crippen LogP contribution in [0, 0.1) is 5.82 Å². The average Bonchev–Trinajstić information content (AvgIpc) is 3.24. The molecule has 5 rings (SSSR count). The van der Waals surface area contributed by atoms with Crippen molar-refractivity contribution in [2.45, 2.75) is 12.5 Å². The van der Waals surface area contributed by atoms with E-state index >= 15 is 0 Å². The highest BCUT2D eigenvalue weighted by molar-refractivity contribution is 6.23. The number of anilines is 1. The highest BCUT2D eigenvalue weighted by atomic mass is 19.1. The third kappa shape index (κ3) is 4.43. The predicted molar refractivity (Wildman–Crippen MR) is 132 cm³/mol. The standard InChI is InChI=1S/C26H30FN6O2/c1-29-24-23(25(34)30(2)26(29)35)33(13-12-19-8-4-3-5-9-19)22(28-24)18-31-14-16-32(17-15-31)21-11-7-6-10-20(21)27/h3-11,23H,12-18H2,1-2H3/q+1. The van der Waals surface area contributed by atoms with E-state index in [1.54, 1.807) is 13.1 Å². The lowest BCUT2D eigenvalue weighted by molar-refractivity contribution is -0.535. The van der Waals surface area contributed by atoms with E-state index in [0.717, 1.165) is 25.3 Å². The zero-order valence-corrected chi connectivity index (χ0v) is 20.1. The molecule has 0 saturated carbocycles. The maximum absolute atomic E-state index is 14.2. The second kappa shape index (κ2) is 9.58. The van der Waals surface area contributed by atoms with Crippen LogP contribution >= 0.6 is 0 Å². The van der Waals surface area contributed by atoms with E-state index < -0.39 is 6.04 Å². The fourth-order valence-electron chi connectivity index (χ4n) is 4.98. The number of imide groups is 1. The highest BCUT2D eigenvalue weighted by Gasteiger charge is 2.53. The summed E-state index contributed by atoms with van der Waals surface area (Å²) in [6.45, 7) is 4.11. The normalized spacial score (nSPS) is 21.1. The van der Waals surface area contributed by atoms with Gasteiger partial charge in [0.05, 0.1) is 12.2 Å². The number of hydrogen-bond donors (Lipinski definition) is 0. The minimum Gasteiger partial charge on any atom is -0.367 e. The third-order valence-electron chi connectivity index (χ3n) is 7.03. The molecule has 0 aromatic heterocycles. The lowest BCUT2D eigenvalue weighted by Crippen LogP contribution is -2.61. The highest BCUT2D eigenvalue weighted by Crippen LogP contribution is 2.22. The number of rotatable bonds is 6. The van der Waals surface area contributed by atoms with E-state index in [2.05, 4.69) is 21.9 Å². The van der Waals surface area contributed by atoms with E-state index in [4.69, 9.17) is 4.99 Å². The van der Waals surface area contributed by atoms with Crippen LogP contribution in [0.15, 0.2) is 59.6 Å². The Labute approximate surface area is 204 Å². The van der Waals surface area contributed by atoms with Crippen LogP contribution in [0.1, 0.15) is 5.56 Å². The number of amidine groups is 2. The van der Waals surface area contributed by atoms with Crippen molar-refractivity contribution in [3.05, 3.63) is 66.0 Å². The number of amides is 3. The number of benzene rings is 2. The molecule has 2 fully saturated rings. The number of para-hydroxylation sites is 1. The maximum atomic E-state index is 14.2. The maximum Gasteiger partial charge on any atom is 0.333 e. The number of halogens is 1. The Bertz CT molecular complexity index is 1190. The van der Waals surface area contributed by atoms with E-state index in [0.29, 0.717) is 37.7 Å². The molecular weight excluding hydrogens is 447 g/mol. The minimum atomic E-state index is -0.596. The average molecular weight is 478 g/mol. The molecule has 2 saturated heterocycles. The number of aliphatic imine (C=N–C) groups is 1. The largest absolute Gasteiger partial charge is 0.367 e. The van der Waals surface area contributed by atoms with E-state index in [9.17, 15) is 14.0 Å². The SMILES string of the molecule is CN1C(=O)C2C(=NC(CN3CCN(c4ccccc4F)CC3)=[N+]2CCc2ccccc2)N(C)C1=O. The number of fused-ring (bicyclic) bond motifs is 1. The quantitative estimate of drug-likeness (QED) is 0.597. The van der Waals surface area contributed by atoms with E-state index in [1.807, 2.05) is 34.9 Å². The first-order chi connectivity index (χ1) is 16.9. The van der Waals surface area contributed by atoms with Gasteiger partial charge in [-0.25, -0.2) is 13.8 Å². The van der Waals surface area contributed by atoms with Crippen molar-refractivity contribution in [1.82, 2.24) is 14.7 Å². The molecule has 1 atom stereocenters. The van der Waals surface area contributed by atoms with Gasteiger partial charge in [-0.05, 0) is 22.7 Å². The Morgan fingerprint density at radius 3 is 2.34 bits per heavy atom. The van der Waals surface area contributed by atoms with Gasteiger partial charge >= 0.3 is 11.9 Å². The summed E-state index contributed by atoms with van der Waals surface area (Å²) < 4.78 is 16.3. The summed E-state index contributed by atoms with van der Waals surface area (Å²) in [6.07, 6.45) is 0.763. The van der Waals surface area contributed by atoms with Gasteiger partial charge in [-0.15, -0.1) is 0 Å². The summed E-state index contributed by atoms with van der Waals surface area (Å²) in [5.74, 6) is 0.832. The number of hydrogen-bond acceptors (Lipinski definition) is 5. The van der Waals surface area contributed by atoms with Crippen LogP contribution in [-0.2, 0) is 11.2 Å². The summed E-state index contributed by atoms with van der Waals surface area (Å²) >= 11 is 0. The second-order valence-corrected chi connectivity index (χ2v) is 9.17. The summed E-state index contributed by atoms with van der Waals surface area (Å²) in [5, 5.41) is 0. The van der Waals surface area contributed by atoms with Gasteiger partial charge in [0.2, 0.25) is 0 Å². The lowest BCUT2D eigenvalue weighted by Gasteiger charge is -2.35. The molecule has 9 heteroatoms. The zero-order chi connectivity index (χ0) is 24.5. The fraction of sp³-hybridized carbons (Fsp3) is 0.385. The Hall–Kier alpha value is -3.59. The van der Waals surface area contributed by atoms with E-state index in [1.165, 1.54) is 28.5 Å². The molecule has 0 radical (unpaired) electrons. The van der Waals surface area contributed by atoms with Crippen molar-refractivity contribution in [2.75, 3.05) is 58.3 Å². The molecule has 2 aromatic rings. The van der Waals surface area contributed by atoms with Crippen LogP contribution in [-0.4, -0.2) is 102 Å². The molecular formula is C26H30FN6O2+. The molecule has 0 bridgehead atoms. The first-order valence-electron chi connectivity index (χ1n) is 12.0. The molecule has 1 unspecified atom stereocenters. The molecule has 182 valence electrons. The van der Waals surface area contributed by atoms with Gasteiger partial charge in [-0.3, -0.25) is 19.5 Å². The second-order valence-electron chi connectivity index (χ2n) is 9.17. The predicted octanol–water partition coefficient (Wildman–Crippen LogP) is 1.91. The van der Waals surface area contributed by atoms with Gasteiger partial charge in [0.1, 0.15) is 12.4 Å². The Morgan fingerprint density at radius 1 is 0.943 bits per heavy atom. The monoisotopic (exact) mass is 477 g/mol. The van der Waals surface area contributed by atoms with Crippen LogP contribution in [0.3, 0.4) is 0 Å². The van der Waals surface area contributed by atoms with Crippen molar-refractivity contribution in [3.63, 3.8) is 0 Å². The molecule has 35 heavy (non-hydrogen) atoms. The molecule has 3 amide bonds. The molecule has 0 N–H and O–H groups in total. The van der Waals surface area contributed by atoms with Gasteiger partial charge in [-0.2, -0.15) is 0 Å². The van der Waals surface area contributed by atoms with Crippen LogP contribution in [0.5, 0.6) is 0 Å². The van der Waals surface area contributed by atoms with Crippen LogP contribution < -0.4 is 4.90 Å². The fourth-order valence-corrected chi connectivity index (χ4v) is 4.98. The number of piperazine rings is 1. The summed E-state index contributed by atoms with van der Waals surface area (Å²) in [5.41, 5.74) is 1.81. The van der Waals surface area contributed by atoms with Gasteiger partial charge in [0.25, 0.3) is 17.8 Å². The van der Waals surface area contributed by atoms with Crippen molar-refractivity contribution in [1.29, 1.82) is 0 Å². The first-order valence-corrected chi connectivity index (χ1v) is 12.0. The van der Waals surface area contributed by atoms with Crippen molar-refractivity contribution < 1.29 is 18.6 Å². The lowest BCUT2D eigenvalue weighted by atomic mass is 10.1. The van der Waals surface area contributed by atoms with Gasteiger partial charge < -0.3 is 4.90 Å². The summed E-state index contributed by atoms with van der Waals surface area (Å²) in [4.78, 5) is 37.5. The zero-order valence-electron chi connectivity index (χ0n) is 20.1. The van der Waals surface area contributed by atoms with Crippen LogP contribution in [0.25, 0.3) is 0 Å². The molecule has 3 aliphatic rings. The van der Waals surface area contributed by atoms with Crippen molar-refractivity contribution in [2.24, 2.45) is 4.99 Å². The smallest absolute Gasteiger partial charge is 0.333 e. The minimum absolute atomic E-state index is 0.205. The summed E-state index contributed by atoms with van der Waals surface area (Å²) in [6, 6.07) is 16.0. The number of carbonyl (C=O) groups is 2. The number of urea groups is 1. The van der Waals surface area contributed by atoms with Gasteiger partial charge in [-0.1, -0.05) is 42.5 Å². The topological polar surface area (TPSA) is 62.5 Å². The first kappa shape index (κ1) is 23.2. The molecule has 0 aliphatic carbocycles. The Balaban J connectivity index is 1.36. The van der Waals surface area contributed by atoms with Crippen molar-refractivity contribution in [3.8, 4) is 0 Å². The van der Waals surface area contributed by atoms with Gasteiger partial charge in [0.15, 0.2) is 0 Å². The number of nitrogens with zero attached hydrogens (tertiary/aromatic N) is 6. The van der Waals surface area contributed by atoms with Crippen molar-refractivity contribution >= 4 is 29.3 Å². The molecule has 0 spiro atoms. The number of likely N-dealkylation sites (N-methyl/N-ethyl adjacent to an activating group) is 2. The molecule has 3 aliphatic heterocycles. The van der Waals surface area contributed by atoms with E-state index in [-0.39, 0.29) is 17.8 Å². The Morgan fingerprint density at radius 2 is 1.63 bits per heavy atom. The molecule has 8 nitrogen and oxygen atoms in total.